The summed E-state index contributed by atoms with van der Waals surface area (Å²) in [4.78, 5) is 0.876. The lowest BCUT2D eigenvalue weighted by atomic mass is 10.7. The van der Waals surface area contributed by atoms with Gasteiger partial charge in [-0.25, -0.2) is 0 Å². The smallest absolute Gasteiger partial charge is 0.373 e. The van der Waals surface area contributed by atoms with Crippen molar-refractivity contribution in [2.45, 2.75) is 86.7 Å². The molecule has 0 spiro atoms. The van der Waals surface area contributed by atoms with E-state index < -0.39 is 34.2 Å². The predicted octanol–water partition coefficient (Wildman–Crippen LogP) is 5.64. The molecule has 0 bridgehead atoms. The predicted molar refractivity (Wildman–Crippen MR) is 155 cm³/mol. The maximum Gasteiger partial charge on any atom is 0.373 e. The van der Waals surface area contributed by atoms with Gasteiger partial charge in [-0.2, -0.15) is 0 Å². The maximum atomic E-state index is 6.37. The summed E-state index contributed by atoms with van der Waals surface area (Å²) in [6, 6.07) is 0. The Morgan fingerprint density at radius 2 is 0.750 bits per heavy atom. The van der Waals surface area contributed by atoms with Crippen LogP contribution in [0.15, 0.2) is 16.6 Å². The molecule has 0 saturated carbocycles. The molecule has 0 aromatic carbocycles. The highest BCUT2D eigenvalue weighted by atomic mass is 28.4. The van der Waals surface area contributed by atoms with Crippen LogP contribution in [0.5, 0.6) is 0 Å². The fraction of sp³-hybridized carbons (Fsp3) is 0.875. The van der Waals surface area contributed by atoms with Crippen molar-refractivity contribution < 1.29 is 35.4 Å². The molecule has 0 N–H and O–H groups in total. The molecule has 0 aliphatic carbocycles. The Balaban J connectivity index is 7.47. The molecule has 0 atom stereocenters. The van der Waals surface area contributed by atoms with E-state index in [1.54, 1.807) is 0 Å². The first-order valence-electron chi connectivity index (χ1n) is 13.5. The standard InChI is InChI=1S/C24H54O8Si4/c1-13-25-33(9,26-14-2)23(34(10,27-15-3)28-16-4)21-22-24(35(11,29-17-5)30-18-6)36(12,31-19-7)32-20-8/h21,23H,13-20H2,1-12H3. The molecule has 0 radical (unpaired) electrons. The summed E-state index contributed by atoms with van der Waals surface area (Å²) in [5.41, 5.74) is 3.65. The zero-order chi connectivity index (χ0) is 27.9. The van der Waals surface area contributed by atoms with Crippen molar-refractivity contribution in [3.8, 4) is 0 Å². The van der Waals surface area contributed by atoms with Gasteiger partial charge in [-0.1, -0.05) is 0 Å². The fourth-order valence-corrected chi connectivity index (χ4v) is 21.2. The molecular formula is C24H54O8Si4. The number of allylic oxidation sites excluding steroid dienone is 1. The van der Waals surface area contributed by atoms with Gasteiger partial charge in [0.2, 0.25) is 0 Å². The van der Waals surface area contributed by atoms with Crippen LogP contribution >= 0.6 is 0 Å². The fourth-order valence-electron chi connectivity index (χ4n) is 4.68. The molecule has 0 amide bonds. The Hall–Kier alpha value is 0.0675. The molecule has 0 aromatic rings. The number of hydrogen-bond acceptors (Lipinski definition) is 8. The van der Waals surface area contributed by atoms with Crippen molar-refractivity contribution in [3.05, 3.63) is 16.6 Å². The van der Waals surface area contributed by atoms with Crippen LogP contribution in [0.1, 0.15) is 55.4 Å². The van der Waals surface area contributed by atoms with Crippen LogP contribution in [0.4, 0.5) is 0 Å². The Morgan fingerprint density at radius 1 is 0.500 bits per heavy atom. The maximum absolute atomic E-state index is 6.37. The van der Waals surface area contributed by atoms with E-state index in [2.05, 4.69) is 38.0 Å². The molecule has 12 heteroatoms. The molecule has 8 nitrogen and oxygen atoms in total. The van der Waals surface area contributed by atoms with Crippen molar-refractivity contribution in [2.75, 3.05) is 52.9 Å². The van der Waals surface area contributed by atoms with Crippen molar-refractivity contribution in [1.82, 2.24) is 0 Å². The second kappa shape index (κ2) is 17.6. The largest absolute Gasteiger partial charge is 0.394 e. The van der Waals surface area contributed by atoms with E-state index in [-0.39, 0.29) is 5.16 Å². The molecule has 0 unspecified atom stereocenters. The van der Waals surface area contributed by atoms with E-state index in [9.17, 15) is 0 Å². The molecule has 36 heavy (non-hydrogen) atoms. The van der Waals surface area contributed by atoms with Crippen LogP contribution in [0.2, 0.25) is 31.4 Å². The molecule has 0 aliphatic heterocycles. The van der Waals surface area contributed by atoms with E-state index in [0.29, 0.717) is 52.9 Å². The minimum Gasteiger partial charge on any atom is -0.394 e. The minimum atomic E-state index is -2.89. The van der Waals surface area contributed by atoms with Crippen LogP contribution in [0.3, 0.4) is 0 Å². The van der Waals surface area contributed by atoms with Gasteiger partial charge in [0.05, 0.1) is 9.98 Å². The first-order chi connectivity index (χ1) is 17.0. The summed E-state index contributed by atoms with van der Waals surface area (Å²) < 4.78 is 50.8. The van der Waals surface area contributed by atoms with Crippen LogP contribution in [0, 0.1) is 0 Å². The van der Waals surface area contributed by atoms with Crippen LogP contribution in [0.25, 0.3) is 0 Å². The van der Waals surface area contributed by atoms with Gasteiger partial charge in [0, 0.05) is 52.9 Å². The zero-order valence-electron chi connectivity index (χ0n) is 25.1. The highest BCUT2D eigenvalue weighted by Gasteiger charge is 2.56. The lowest BCUT2D eigenvalue weighted by molar-refractivity contribution is 0.160. The SMILES string of the molecule is CCO[Si](C)(OCC)C(=C=CC([Si](C)(OCC)OCC)[Si](C)(OCC)OCC)[Si](C)(OCC)OCC. The van der Waals surface area contributed by atoms with Gasteiger partial charge in [0.1, 0.15) is 0 Å². The second-order valence-corrected chi connectivity index (χ2v) is 22.0. The zero-order valence-corrected chi connectivity index (χ0v) is 29.1. The van der Waals surface area contributed by atoms with Gasteiger partial charge in [-0.05, 0) is 87.7 Å². The number of rotatable bonds is 21. The van der Waals surface area contributed by atoms with Gasteiger partial charge in [-0.15, -0.1) is 5.73 Å². The molecular weight excluding hydrogens is 529 g/mol. The van der Waals surface area contributed by atoms with E-state index >= 15 is 0 Å². The van der Waals surface area contributed by atoms with E-state index in [1.807, 2.05) is 55.4 Å². The Bertz CT molecular complexity index is 603. The summed E-state index contributed by atoms with van der Waals surface area (Å²) in [6.45, 7) is 28.5. The van der Waals surface area contributed by atoms with Gasteiger partial charge in [-0.3, -0.25) is 0 Å². The molecule has 0 aliphatic rings. The van der Waals surface area contributed by atoms with E-state index in [0.717, 1.165) is 4.82 Å². The monoisotopic (exact) mass is 582 g/mol. The average molecular weight is 583 g/mol. The van der Waals surface area contributed by atoms with Crippen LogP contribution < -0.4 is 0 Å². The van der Waals surface area contributed by atoms with Crippen molar-refractivity contribution in [3.63, 3.8) is 0 Å². The second-order valence-electron chi connectivity index (χ2n) is 8.55. The third-order valence-corrected chi connectivity index (χ3v) is 23.2. The van der Waals surface area contributed by atoms with Crippen molar-refractivity contribution >= 4 is 34.2 Å². The number of hydrogen-bond donors (Lipinski definition) is 0. The summed E-state index contributed by atoms with van der Waals surface area (Å²) >= 11 is 0. The van der Waals surface area contributed by atoms with E-state index in [1.165, 1.54) is 0 Å². The van der Waals surface area contributed by atoms with Crippen molar-refractivity contribution in [1.29, 1.82) is 0 Å². The summed E-state index contributed by atoms with van der Waals surface area (Å²) in [5, 5.41) is -0.206. The molecule has 0 fully saturated rings. The van der Waals surface area contributed by atoms with Crippen LogP contribution in [-0.2, 0) is 35.4 Å². The molecule has 0 saturated heterocycles. The minimum absolute atomic E-state index is 0.206. The van der Waals surface area contributed by atoms with Gasteiger partial charge < -0.3 is 35.4 Å². The van der Waals surface area contributed by atoms with Crippen LogP contribution in [-0.4, -0.2) is 87.1 Å². The summed E-state index contributed by atoms with van der Waals surface area (Å²) in [6.07, 6.45) is 2.05. The third kappa shape index (κ3) is 9.99. The van der Waals surface area contributed by atoms with Gasteiger partial charge in [0.25, 0.3) is 0 Å². The topological polar surface area (TPSA) is 73.8 Å². The Morgan fingerprint density at radius 3 is 0.972 bits per heavy atom. The van der Waals surface area contributed by atoms with Gasteiger partial charge >= 0.3 is 34.2 Å². The molecule has 0 aromatic heterocycles. The quantitative estimate of drug-likeness (QED) is 0.127. The molecule has 0 heterocycles. The van der Waals surface area contributed by atoms with E-state index in [4.69, 9.17) is 35.4 Å². The lowest BCUT2D eigenvalue weighted by Crippen LogP contribution is -2.58. The average Bonchev–Trinajstić information content (AvgIpc) is 2.77. The summed E-state index contributed by atoms with van der Waals surface area (Å²) in [7, 11) is -11.4. The lowest BCUT2D eigenvalue weighted by Gasteiger charge is -2.40. The third-order valence-electron chi connectivity index (χ3n) is 5.84. The molecule has 214 valence electrons. The highest BCUT2D eigenvalue weighted by Crippen LogP contribution is 2.38. The summed E-state index contributed by atoms with van der Waals surface area (Å²) in [5.74, 6) is 0. The molecule has 0 rings (SSSR count). The first kappa shape index (κ1) is 36.1. The normalized spacial score (nSPS) is 13.2. The Labute approximate surface area is 225 Å². The first-order valence-corrected chi connectivity index (χ1v) is 23.0. The highest BCUT2D eigenvalue weighted by molar-refractivity contribution is 6.96. The van der Waals surface area contributed by atoms with Crippen molar-refractivity contribution in [2.24, 2.45) is 0 Å². The Kier molecular flexibility index (Phi) is 17.6. The van der Waals surface area contributed by atoms with Gasteiger partial charge in [0.15, 0.2) is 0 Å².